The average molecular weight is 448 g/mol. The summed E-state index contributed by atoms with van der Waals surface area (Å²) < 4.78 is 11.3. The molecule has 0 spiro atoms. The molecule has 2 aromatic heterocycles. The van der Waals surface area contributed by atoms with E-state index in [0.29, 0.717) is 31.3 Å². The molecule has 32 heavy (non-hydrogen) atoms. The van der Waals surface area contributed by atoms with Gasteiger partial charge in [0.1, 0.15) is 5.75 Å². The summed E-state index contributed by atoms with van der Waals surface area (Å²) in [6, 6.07) is 19.7. The number of nitrogens with zero attached hydrogens (tertiary/aromatic N) is 3. The standard InChI is InChI=1S/C25H25N3O3S/c1-18-9-11-19(12-10-18)25-27-26-23(31-25)13-14-24(29)28(17-21-7-5-15-32-21)16-20-6-3-4-8-22(20)30-2/h3-12,15H,13-14,16-17H2,1-2H3. The van der Waals surface area contributed by atoms with Crippen LogP contribution >= 0.6 is 11.3 Å². The van der Waals surface area contributed by atoms with Gasteiger partial charge in [-0.3, -0.25) is 4.79 Å². The van der Waals surface area contributed by atoms with Crippen LogP contribution in [0.5, 0.6) is 5.75 Å². The second-order valence-corrected chi connectivity index (χ2v) is 8.54. The number of aromatic nitrogens is 2. The van der Waals surface area contributed by atoms with Gasteiger partial charge in [-0.1, -0.05) is 42.0 Å². The van der Waals surface area contributed by atoms with Gasteiger partial charge in [-0.05, 0) is 36.6 Å². The van der Waals surface area contributed by atoms with Gasteiger partial charge in [0.2, 0.25) is 17.7 Å². The molecule has 0 saturated carbocycles. The van der Waals surface area contributed by atoms with Crippen molar-refractivity contribution in [1.82, 2.24) is 15.1 Å². The Labute approximate surface area is 191 Å². The Bertz CT molecular complexity index is 1150. The van der Waals surface area contributed by atoms with Crippen LogP contribution < -0.4 is 4.74 Å². The number of rotatable bonds is 9. The molecule has 2 aromatic carbocycles. The summed E-state index contributed by atoms with van der Waals surface area (Å²) in [4.78, 5) is 16.1. The number of amides is 1. The van der Waals surface area contributed by atoms with E-state index in [2.05, 4.69) is 10.2 Å². The second kappa shape index (κ2) is 10.2. The van der Waals surface area contributed by atoms with Crippen LogP contribution in [0.15, 0.2) is 70.5 Å². The summed E-state index contributed by atoms with van der Waals surface area (Å²) in [5.41, 5.74) is 3.01. The van der Waals surface area contributed by atoms with E-state index in [1.807, 2.05) is 77.9 Å². The molecule has 6 nitrogen and oxygen atoms in total. The number of para-hydroxylation sites is 1. The van der Waals surface area contributed by atoms with Crippen LogP contribution in [-0.2, 0) is 24.3 Å². The third kappa shape index (κ3) is 5.42. The van der Waals surface area contributed by atoms with E-state index in [1.165, 1.54) is 5.56 Å². The molecular formula is C25H25N3O3S. The molecule has 0 fully saturated rings. The van der Waals surface area contributed by atoms with Crippen LogP contribution in [0.25, 0.3) is 11.5 Å². The molecule has 0 N–H and O–H groups in total. The zero-order valence-electron chi connectivity index (χ0n) is 18.2. The highest BCUT2D eigenvalue weighted by molar-refractivity contribution is 7.09. The van der Waals surface area contributed by atoms with Crippen molar-refractivity contribution < 1.29 is 13.9 Å². The highest BCUT2D eigenvalue weighted by Crippen LogP contribution is 2.23. The summed E-state index contributed by atoms with van der Waals surface area (Å²) in [7, 11) is 1.64. The Balaban J connectivity index is 1.44. The predicted molar refractivity (Wildman–Crippen MR) is 124 cm³/mol. The molecular weight excluding hydrogens is 422 g/mol. The summed E-state index contributed by atoms with van der Waals surface area (Å²) in [5.74, 6) is 1.73. The van der Waals surface area contributed by atoms with E-state index in [-0.39, 0.29) is 12.3 Å². The van der Waals surface area contributed by atoms with Gasteiger partial charge >= 0.3 is 0 Å². The number of methoxy groups -OCH3 is 1. The van der Waals surface area contributed by atoms with Gasteiger partial charge in [-0.2, -0.15) is 0 Å². The Hall–Kier alpha value is -3.45. The summed E-state index contributed by atoms with van der Waals surface area (Å²) in [5, 5.41) is 10.3. The number of hydrogen-bond acceptors (Lipinski definition) is 6. The monoisotopic (exact) mass is 447 g/mol. The first-order chi connectivity index (χ1) is 15.6. The smallest absolute Gasteiger partial charge is 0.247 e. The molecule has 0 saturated heterocycles. The van der Waals surface area contributed by atoms with Crippen molar-refractivity contribution in [1.29, 1.82) is 0 Å². The molecule has 2 heterocycles. The fourth-order valence-corrected chi connectivity index (χ4v) is 4.12. The lowest BCUT2D eigenvalue weighted by molar-refractivity contribution is -0.132. The van der Waals surface area contributed by atoms with Gasteiger partial charge in [0.25, 0.3) is 0 Å². The zero-order chi connectivity index (χ0) is 22.3. The fraction of sp³-hybridized carbons (Fsp3) is 0.240. The molecule has 0 unspecified atom stereocenters. The molecule has 0 atom stereocenters. The van der Waals surface area contributed by atoms with E-state index in [9.17, 15) is 4.79 Å². The number of thiophene rings is 1. The van der Waals surface area contributed by atoms with Crippen LogP contribution in [0.2, 0.25) is 0 Å². The van der Waals surface area contributed by atoms with E-state index in [1.54, 1.807) is 18.4 Å². The lowest BCUT2D eigenvalue weighted by Gasteiger charge is -2.23. The lowest BCUT2D eigenvalue weighted by Crippen LogP contribution is -2.30. The fourth-order valence-electron chi connectivity index (χ4n) is 3.40. The van der Waals surface area contributed by atoms with Gasteiger partial charge in [0, 0.05) is 35.4 Å². The third-order valence-corrected chi connectivity index (χ3v) is 6.01. The third-order valence-electron chi connectivity index (χ3n) is 5.15. The van der Waals surface area contributed by atoms with Gasteiger partial charge < -0.3 is 14.1 Å². The van der Waals surface area contributed by atoms with Crippen LogP contribution in [0.3, 0.4) is 0 Å². The van der Waals surface area contributed by atoms with Crippen molar-refractivity contribution >= 4 is 17.2 Å². The largest absolute Gasteiger partial charge is 0.496 e. The molecule has 0 aliphatic heterocycles. The highest BCUT2D eigenvalue weighted by atomic mass is 32.1. The van der Waals surface area contributed by atoms with E-state index in [4.69, 9.17) is 9.15 Å². The number of aryl methyl sites for hydroxylation is 2. The second-order valence-electron chi connectivity index (χ2n) is 7.51. The number of carbonyl (C=O) groups is 1. The summed E-state index contributed by atoms with van der Waals surface area (Å²) in [6.07, 6.45) is 0.681. The highest BCUT2D eigenvalue weighted by Gasteiger charge is 2.18. The maximum atomic E-state index is 13.2. The Morgan fingerprint density at radius 2 is 1.84 bits per heavy atom. The topological polar surface area (TPSA) is 68.5 Å². The molecule has 0 radical (unpaired) electrons. The van der Waals surface area contributed by atoms with Gasteiger partial charge in [-0.15, -0.1) is 21.5 Å². The average Bonchev–Trinajstić information content (AvgIpc) is 3.50. The maximum Gasteiger partial charge on any atom is 0.247 e. The van der Waals surface area contributed by atoms with Crippen LogP contribution in [0.1, 0.15) is 28.3 Å². The molecule has 0 bridgehead atoms. The Morgan fingerprint density at radius 3 is 2.59 bits per heavy atom. The van der Waals surface area contributed by atoms with Crippen molar-refractivity contribution in [2.45, 2.75) is 32.9 Å². The number of benzene rings is 2. The minimum absolute atomic E-state index is 0.0272. The van der Waals surface area contributed by atoms with Crippen molar-refractivity contribution in [2.75, 3.05) is 7.11 Å². The molecule has 7 heteroatoms. The van der Waals surface area contributed by atoms with E-state index < -0.39 is 0 Å². The SMILES string of the molecule is COc1ccccc1CN(Cc1cccs1)C(=O)CCc1nnc(-c2ccc(C)cc2)o1. The summed E-state index contributed by atoms with van der Waals surface area (Å²) in [6.45, 7) is 3.05. The predicted octanol–water partition coefficient (Wildman–Crippen LogP) is 5.28. The zero-order valence-corrected chi connectivity index (χ0v) is 19.0. The van der Waals surface area contributed by atoms with Crippen LogP contribution in [0.4, 0.5) is 0 Å². The van der Waals surface area contributed by atoms with Crippen LogP contribution in [-0.4, -0.2) is 28.1 Å². The number of ether oxygens (including phenoxy) is 1. The Morgan fingerprint density at radius 1 is 1.03 bits per heavy atom. The minimum Gasteiger partial charge on any atom is -0.496 e. The molecule has 1 amide bonds. The van der Waals surface area contributed by atoms with Gasteiger partial charge in [-0.25, -0.2) is 0 Å². The van der Waals surface area contributed by atoms with Crippen molar-refractivity contribution in [3.8, 4) is 17.2 Å². The molecule has 164 valence electrons. The summed E-state index contributed by atoms with van der Waals surface area (Å²) >= 11 is 1.64. The van der Waals surface area contributed by atoms with Crippen LogP contribution in [0, 0.1) is 6.92 Å². The maximum absolute atomic E-state index is 13.2. The lowest BCUT2D eigenvalue weighted by atomic mass is 10.1. The molecule has 4 aromatic rings. The molecule has 0 aliphatic rings. The van der Waals surface area contributed by atoms with Gasteiger partial charge in [0.05, 0.1) is 13.7 Å². The molecule has 0 aliphatic carbocycles. The van der Waals surface area contributed by atoms with Gasteiger partial charge in [0.15, 0.2) is 0 Å². The van der Waals surface area contributed by atoms with Crippen molar-refractivity contribution in [3.05, 3.63) is 87.9 Å². The molecule has 4 rings (SSSR count). The first-order valence-corrected chi connectivity index (χ1v) is 11.3. The van der Waals surface area contributed by atoms with Crippen molar-refractivity contribution in [2.24, 2.45) is 0 Å². The first-order valence-electron chi connectivity index (χ1n) is 10.4. The quantitative estimate of drug-likeness (QED) is 0.349. The number of hydrogen-bond donors (Lipinski definition) is 0. The first kappa shape index (κ1) is 21.8. The van der Waals surface area contributed by atoms with E-state index in [0.717, 1.165) is 21.8 Å². The van der Waals surface area contributed by atoms with E-state index >= 15 is 0 Å². The normalized spacial score (nSPS) is 10.8. The Kier molecular flexibility index (Phi) is 6.97. The number of carbonyl (C=O) groups excluding carboxylic acids is 1. The van der Waals surface area contributed by atoms with Crippen molar-refractivity contribution in [3.63, 3.8) is 0 Å². The minimum atomic E-state index is 0.0272.